The van der Waals surface area contributed by atoms with Gasteiger partial charge in [0.05, 0.1) is 14.2 Å². The van der Waals surface area contributed by atoms with E-state index < -0.39 is 7.92 Å². The molecule has 0 atom stereocenters. The molecule has 4 aromatic carbocycles. The first kappa shape index (κ1) is 29.8. The lowest BCUT2D eigenvalue weighted by molar-refractivity contribution is 0.397. The molecule has 3 nitrogen and oxygen atoms in total. The molecular formula is C36H45NO2P-. The van der Waals surface area contributed by atoms with Crippen LogP contribution in [0.3, 0.4) is 0 Å². The summed E-state index contributed by atoms with van der Waals surface area (Å²) in [6.45, 7) is 13.5. The second-order valence-corrected chi connectivity index (χ2v) is 14.9. The number of rotatable bonds is 8. The SMILES string of the molecule is COc1ccc(P(c2ccc(OC)c(C(C)(C)C)c2)c2[cH-]ccc2Cc2ccccc2N(C)C)cc1C(C)(C)C. The molecule has 0 fully saturated rings. The Bertz CT molecular complexity index is 1390. The van der Waals surface area contributed by atoms with E-state index in [2.05, 4.69) is 139 Å². The van der Waals surface area contributed by atoms with Gasteiger partial charge in [-0.25, -0.2) is 6.07 Å². The number of benzene rings is 3. The first-order valence-corrected chi connectivity index (χ1v) is 15.4. The van der Waals surface area contributed by atoms with Crippen molar-refractivity contribution in [3.63, 3.8) is 0 Å². The molecule has 0 unspecified atom stereocenters. The monoisotopic (exact) mass is 554 g/mol. The smallest absolute Gasteiger partial charge is 0.122 e. The fraction of sp³-hybridized carbons (Fsp3) is 0.361. The van der Waals surface area contributed by atoms with Gasteiger partial charge < -0.3 is 14.4 Å². The Morgan fingerprint density at radius 1 is 0.700 bits per heavy atom. The van der Waals surface area contributed by atoms with Gasteiger partial charge >= 0.3 is 0 Å². The maximum Gasteiger partial charge on any atom is 0.122 e. The van der Waals surface area contributed by atoms with Crippen molar-refractivity contribution in [3.8, 4) is 11.5 Å². The van der Waals surface area contributed by atoms with E-state index in [-0.39, 0.29) is 10.8 Å². The summed E-state index contributed by atoms with van der Waals surface area (Å²) in [7, 11) is 6.94. The molecule has 0 N–H and O–H groups in total. The van der Waals surface area contributed by atoms with Crippen molar-refractivity contribution in [1.29, 1.82) is 0 Å². The third kappa shape index (κ3) is 6.26. The van der Waals surface area contributed by atoms with Gasteiger partial charge in [0.25, 0.3) is 0 Å². The Balaban J connectivity index is 1.95. The van der Waals surface area contributed by atoms with Crippen LogP contribution >= 0.6 is 7.92 Å². The van der Waals surface area contributed by atoms with E-state index in [1.54, 1.807) is 14.2 Å². The van der Waals surface area contributed by atoms with Crippen molar-refractivity contribution in [2.45, 2.75) is 58.8 Å². The number of hydrogen-bond acceptors (Lipinski definition) is 3. The third-order valence-electron chi connectivity index (χ3n) is 7.47. The van der Waals surface area contributed by atoms with Crippen molar-refractivity contribution in [2.24, 2.45) is 0 Å². The molecule has 4 rings (SSSR count). The van der Waals surface area contributed by atoms with Crippen LogP contribution in [0.25, 0.3) is 0 Å². The van der Waals surface area contributed by atoms with E-state index in [1.807, 2.05) is 0 Å². The Kier molecular flexibility index (Phi) is 8.76. The van der Waals surface area contributed by atoms with Crippen LogP contribution < -0.4 is 30.3 Å². The van der Waals surface area contributed by atoms with Crippen LogP contribution in [-0.4, -0.2) is 28.3 Å². The molecule has 212 valence electrons. The standard InChI is InChI=1S/C36H45NO2P/c1-35(2,3)29-23-27(18-20-32(29)38-9)40(28-19-21-33(39-10)30(24-28)36(4,5)6)34-17-13-15-26(34)22-25-14-11-12-16-31(25)37(7)8/h11-21,23-24H,22H2,1-10H3/q-1. The molecule has 0 radical (unpaired) electrons. The van der Waals surface area contributed by atoms with Gasteiger partial charge in [-0.15, -0.1) is 5.30 Å². The van der Waals surface area contributed by atoms with Crippen LogP contribution in [0.1, 0.15) is 63.8 Å². The van der Waals surface area contributed by atoms with Gasteiger partial charge in [0.1, 0.15) is 11.5 Å². The molecule has 0 aliphatic heterocycles. The van der Waals surface area contributed by atoms with E-state index in [0.717, 1.165) is 17.9 Å². The normalized spacial score (nSPS) is 12.1. The van der Waals surface area contributed by atoms with Crippen molar-refractivity contribution in [1.82, 2.24) is 0 Å². The lowest BCUT2D eigenvalue weighted by atomic mass is 9.86. The number of hydrogen-bond donors (Lipinski definition) is 0. The minimum absolute atomic E-state index is 0.0433. The van der Waals surface area contributed by atoms with Crippen LogP contribution in [0.2, 0.25) is 0 Å². The molecule has 4 heteroatoms. The molecular weight excluding hydrogens is 509 g/mol. The quantitative estimate of drug-likeness (QED) is 0.167. The topological polar surface area (TPSA) is 21.7 Å². The molecule has 0 heterocycles. The molecule has 0 saturated carbocycles. The fourth-order valence-corrected chi connectivity index (χ4v) is 7.88. The summed E-state index contributed by atoms with van der Waals surface area (Å²) in [6, 6.07) is 29.2. The average Bonchev–Trinajstić information content (AvgIpc) is 3.35. The highest BCUT2D eigenvalue weighted by molar-refractivity contribution is 7.80. The molecule has 0 saturated heterocycles. The Labute approximate surface area is 243 Å². The summed E-state index contributed by atoms with van der Waals surface area (Å²) in [4.78, 5) is 2.21. The van der Waals surface area contributed by atoms with Crippen molar-refractivity contribution in [2.75, 3.05) is 33.2 Å². The fourth-order valence-electron chi connectivity index (χ4n) is 5.39. The molecule has 0 amide bonds. The zero-order chi connectivity index (χ0) is 29.2. The number of anilines is 1. The summed E-state index contributed by atoms with van der Waals surface area (Å²) in [5, 5.41) is 4.07. The average molecular weight is 555 g/mol. The van der Waals surface area contributed by atoms with Gasteiger partial charge in [-0.1, -0.05) is 78.3 Å². The number of methoxy groups -OCH3 is 2. The Morgan fingerprint density at radius 3 is 1.70 bits per heavy atom. The van der Waals surface area contributed by atoms with Gasteiger partial charge in [-0.05, 0) is 65.3 Å². The maximum absolute atomic E-state index is 5.82. The van der Waals surface area contributed by atoms with Crippen LogP contribution in [0, 0.1) is 0 Å². The van der Waals surface area contributed by atoms with Crippen LogP contribution in [0.15, 0.2) is 78.9 Å². The zero-order valence-electron chi connectivity index (χ0n) is 25.9. The largest absolute Gasteiger partial charge is 0.496 e. The lowest BCUT2D eigenvalue weighted by Crippen LogP contribution is -2.26. The van der Waals surface area contributed by atoms with Crippen molar-refractivity contribution < 1.29 is 9.47 Å². The third-order valence-corrected chi connectivity index (χ3v) is 9.98. The van der Waals surface area contributed by atoms with E-state index >= 15 is 0 Å². The summed E-state index contributed by atoms with van der Waals surface area (Å²) in [6.07, 6.45) is 0.889. The van der Waals surface area contributed by atoms with E-state index in [0.29, 0.717) is 0 Å². The molecule has 0 aliphatic rings. The highest BCUT2D eigenvalue weighted by atomic mass is 31.1. The van der Waals surface area contributed by atoms with Crippen molar-refractivity contribution >= 4 is 29.5 Å². The first-order valence-electron chi connectivity index (χ1n) is 14.0. The van der Waals surface area contributed by atoms with Crippen LogP contribution in [-0.2, 0) is 17.3 Å². The van der Waals surface area contributed by atoms with Gasteiger partial charge in [0.2, 0.25) is 0 Å². The molecule has 0 spiro atoms. The summed E-state index contributed by atoms with van der Waals surface area (Å²) in [5.41, 5.74) is 6.35. The number of para-hydroxylation sites is 1. The highest BCUT2D eigenvalue weighted by Gasteiger charge is 2.26. The lowest BCUT2D eigenvalue weighted by Gasteiger charge is -2.30. The number of nitrogens with zero attached hydrogens (tertiary/aromatic N) is 1. The summed E-state index contributed by atoms with van der Waals surface area (Å²) in [5.74, 6) is 1.89. The van der Waals surface area contributed by atoms with Crippen LogP contribution in [0.5, 0.6) is 11.5 Å². The molecule has 0 bridgehead atoms. The van der Waals surface area contributed by atoms with Gasteiger partial charge in [-0.2, -0.15) is 17.7 Å². The zero-order valence-corrected chi connectivity index (χ0v) is 26.8. The minimum Gasteiger partial charge on any atom is -0.496 e. The summed E-state index contributed by atoms with van der Waals surface area (Å²) >= 11 is 0. The van der Waals surface area contributed by atoms with Gasteiger partial charge in [0.15, 0.2) is 0 Å². The molecule has 0 aliphatic carbocycles. The van der Waals surface area contributed by atoms with E-state index in [1.165, 1.54) is 43.9 Å². The van der Waals surface area contributed by atoms with E-state index in [9.17, 15) is 0 Å². The molecule has 40 heavy (non-hydrogen) atoms. The number of ether oxygens (including phenoxy) is 2. The first-order chi connectivity index (χ1) is 18.8. The predicted molar refractivity (Wildman–Crippen MR) is 175 cm³/mol. The Morgan fingerprint density at radius 2 is 1.23 bits per heavy atom. The van der Waals surface area contributed by atoms with Gasteiger partial charge in [-0.3, -0.25) is 0 Å². The van der Waals surface area contributed by atoms with Gasteiger partial charge in [0, 0.05) is 30.9 Å². The predicted octanol–water partition coefficient (Wildman–Crippen LogP) is 7.43. The molecule has 4 aromatic rings. The maximum atomic E-state index is 5.82. The summed E-state index contributed by atoms with van der Waals surface area (Å²) < 4.78 is 11.6. The highest BCUT2D eigenvalue weighted by Crippen LogP contribution is 2.41. The second-order valence-electron chi connectivity index (χ2n) is 12.7. The van der Waals surface area contributed by atoms with Crippen LogP contribution in [0.4, 0.5) is 5.69 Å². The Hall–Kier alpha value is -3.16. The van der Waals surface area contributed by atoms with E-state index in [4.69, 9.17) is 9.47 Å². The molecule has 0 aromatic heterocycles. The van der Waals surface area contributed by atoms with Crippen molar-refractivity contribution in [3.05, 3.63) is 101 Å². The minimum atomic E-state index is -0.837. The second kappa shape index (κ2) is 11.8.